The van der Waals surface area contributed by atoms with E-state index in [0.717, 1.165) is 12.1 Å². The van der Waals surface area contributed by atoms with E-state index in [1.165, 1.54) is 23.9 Å². The van der Waals surface area contributed by atoms with Crippen LogP contribution in [0.25, 0.3) is 0 Å². The molecule has 0 aromatic heterocycles. The normalized spacial score (nSPS) is 22.0. The molecule has 4 rings (SSSR count). The van der Waals surface area contributed by atoms with Crippen LogP contribution in [0.2, 0.25) is 0 Å². The zero-order valence-electron chi connectivity index (χ0n) is 16.0. The fourth-order valence-electron chi connectivity index (χ4n) is 3.47. The molecule has 0 saturated carbocycles. The van der Waals surface area contributed by atoms with Gasteiger partial charge in [-0.05, 0) is 30.3 Å². The lowest BCUT2D eigenvalue weighted by molar-refractivity contribution is -0.137. The number of sulfone groups is 1. The SMILES string of the molecule is O=C(CN(C1=N[C@H]2CS(=O)(=O)C[C@H]2S1)c1ccccc1)Nc1cccc(C(F)(F)F)c1. The molecule has 0 spiro atoms. The third-order valence-electron chi connectivity index (χ3n) is 4.88. The highest BCUT2D eigenvalue weighted by Crippen LogP contribution is 2.37. The third kappa shape index (κ3) is 5.04. The number of nitrogens with zero attached hydrogens (tertiary/aromatic N) is 2. The van der Waals surface area contributed by atoms with Gasteiger partial charge in [-0.25, -0.2) is 8.42 Å². The molecular formula is C20H18F3N3O3S2. The zero-order valence-corrected chi connectivity index (χ0v) is 17.7. The maximum atomic E-state index is 12.9. The molecule has 2 heterocycles. The van der Waals surface area contributed by atoms with Crippen LogP contribution in [0.4, 0.5) is 24.5 Å². The van der Waals surface area contributed by atoms with Gasteiger partial charge in [-0.3, -0.25) is 9.79 Å². The summed E-state index contributed by atoms with van der Waals surface area (Å²) in [5.41, 5.74) is -0.137. The highest BCUT2D eigenvalue weighted by atomic mass is 32.2. The van der Waals surface area contributed by atoms with Crippen LogP contribution in [-0.4, -0.2) is 48.8 Å². The molecule has 2 aliphatic rings. The highest BCUT2D eigenvalue weighted by molar-refractivity contribution is 8.15. The van der Waals surface area contributed by atoms with E-state index in [9.17, 15) is 26.4 Å². The zero-order chi connectivity index (χ0) is 22.2. The first-order chi connectivity index (χ1) is 14.6. The minimum absolute atomic E-state index is 0.0206. The predicted octanol–water partition coefficient (Wildman–Crippen LogP) is 3.42. The fourth-order valence-corrected chi connectivity index (χ4v) is 7.25. The van der Waals surface area contributed by atoms with E-state index in [2.05, 4.69) is 10.3 Å². The van der Waals surface area contributed by atoms with Crippen LogP contribution in [-0.2, 0) is 20.8 Å². The number of para-hydroxylation sites is 1. The Labute approximate surface area is 181 Å². The Kier molecular flexibility index (Phi) is 5.73. The Morgan fingerprint density at radius 2 is 1.87 bits per heavy atom. The molecule has 164 valence electrons. The van der Waals surface area contributed by atoms with Gasteiger partial charge < -0.3 is 10.2 Å². The lowest BCUT2D eigenvalue weighted by atomic mass is 10.2. The van der Waals surface area contributed by atoms with Gasteiger partial charge in [-0.2, -0.15) is 13.2 Å². The van der Waals surface area contributed by atoms with Gasteiger partial charge in [-0.1, -0.05) is 36.0 Å². The Morgan fingerprint density at radius 3 is 2.55 bits per heavy atom. The number of fused-ring (bicyclic) bond motifs is 1. The molecule has 0 unspecified atom stereocenters. The molecular weight excluding hydrogens is 451 g/mol. The van der Waals surface area contributed by atoms with E-state index in [0.29, 0.717) is 10.9 Å². The van der Waals surface area contributed by atoms with Crippen molar-refractivity contribution in [1.82, 2.24) is 0 Å². The van der Waals surface area contributed by atoms with Crippen molar-refractivity contribution in [3.8, 4) is 0 Å². The molecule has 1 fully saturated rings. The summed E-state index contributed by atoms with van der Waals surface area (Å²) in [5, 5.41) is 2.83. The number of hydrogen-bond donors (Lipinski definition) is 1. The monoisotopic (exact) mass is 469 g/mol. The van der Waals surface area contributed by atoms with Crippen molar-refractivity contribution < 1.29 is 26.4 Å². The molecule has 2 aliphatic heterocycles. The number of aliphatic imine (C=N–C) groups is 1. The molecule has 2 aromatic rings. The number of hydrogen-bond acceptors (Lipinski definition) is 6. The lowest BCUT2D eigenvalue weighted by Gasteiger charge is -2.24. The molecule has 11 heteroatoms. The van der Waals surface area contributed by atoms with Crippen molar-refractivity contribution in [2.24, 2.45) is 4.99 Å². The standard InChI is InChI=1S/C20H18F3N3O3S2/c21-20(22,23)13-5-4-6-14(9-13)24-18(27)10-26(15-7-2-1-3-8-15)19-25-16-11-31(28,29)12-17(16)30-19/h1-9,16-17H,10-12H2,(H,24,27)/t16-,17+/m0/s1. The van der Waals surface area contributed by atoms with Crippen molar-refractivity contribution in [3.05, 3.63) is 60.2 Å². The van der Waals surface area contributed by atoms with Crippen molar-refractivity contribution in [2.45, 2.75) is 17.5 Å². The van der Waals surface area contributed by atoms with Gasteiger partial charge in [-0.15, -0.1) is 0 Å². The third-order valence-corrected chi connectivity index (χ3v) is 8.13. The average Bonchev–Trinajstić information content (AvgIpc) is 3.19. The fraction of sp³-hybridized carbons (Fsp3) is 0.300. The van der Waals surface area contributed by atoms with Gasteiger partial charge in [0.05, 0.1) is 23.1 Å². The molecule has 0 bridgehead atoms. The van der Waals surface area contributed by atoms with Gasteiger partial charge >= 0.3 is 6.18 Å². The second kappa shape index (κ2) is 8.19. The Morgan fingerprint density at radius 1 is 1.13 bits per heavy atom. The van der Waals surface area contributed by atoms with Gasteiger partial charge in [0.1, 0.15) is 6.54 Å². The van der Waals surface area contributed by atoms with Crippen molar-refractivity contribution in [2.75, 3.05) is 28.3 Å². The van der Waals surface area contributed by atoms with E-state index >= 15 is 0 Å². The molecule has 31 heavy (non-hydrogen) atoms. The number of thioether (sulfide) groups is 1. The van der Waals surface area contributed by atoms with Crippen LogP contribution in [0.5, 0.6) is 0 Å². The number of benzene rings is 2. The van der Waals surface area contributed by atoms with Crippen molar-refractivity contribution in [3.63, 3.8) is 0 Å². The molecule has 2 aromatic carbocycles. The molecule has 1 saturated heterocycles. The number of alkyl halides is 3. The number of carbonyl (C=O) groups is 1. The smallest absolute Gasteiger partial charge is 0.325 e. The van der Waals surface area contributed by atoms with Crippen LogP contribution in [0.3, 0.4) is 0 Å². The predicted molar refractivity (Wildman–Crippen MR) is 115 cm³/mol. The summed E-state index contributed by atoms with van der Waals surface area (Å²) in [4.78, 5) is 18.8. The van der Waals surface area contributed by atoms with Crippen LogP contribution in [0.1, 0.15) is 5.56 Å². The first kappa shape index (κ1) is 21.7. The maximum absolute atomic E-state index is 12.9. The van der Waals surface area contributed by atoms with Gasteiger partial charge in [0.25, 0.3) is 0 Å². The first-order valence-corrected chi connectivity index (χ1v) is 12.1. The Balaban J connectivity index is 1.53. The van der Waals surface area contributed by atoms with Gasteiger partial charge in [0.2, 0.25) is 5.91 Å². The molecule has 2 atom stereocenters. The van der Waals surface area contributed by atoms with Crippen LogP contribution in [0, 0.1) is 0 Å². The number of rotatable bonds is 4. The van der Waals surface area contributed by atoms with Crippen molar-refractivity contribution in [1.29, 1.82) is 0 Å². The van der Waals surface area contributed by atoms with E-state index in [4.69, 9.17) is 0 Å². The van der Waals surface area contributed by atoms with Crippen LogP contribution < -0.4 is 10.2 Å². The Hall–Kier alpha value is -2.53. The van der Waals surface area contributed by atoms with Crippen LogP contribution in [0.15, 0.2) is 59.6 Å². The quantitative estimate of drug-likeness (QED) is 0.743. The lowest BCUT2D eigenvalue weighted by Crippen LogP contribution is -2.36. The summed E-state index contributed by atoms with van der Waals surface area (Å²) < 4.78 is 62.4. The number of amidine groups is 1. The number of amides is 1. The van der Waals surface area contributed by atoms with E-state index in [1.54, 1.807) is 29.2 Å². The topological polar surface area (TPSA) is 78.8 Å². The summed E-state index contributed by atoms with van der Waals surface area (Å²) in [6, 6.07) is 13.0. The summed E-state index contributed by atoms with van der Waals surface area (Å²) >= 11 is 1.31. The molecule has 1 amide bonds. The summed E-state index contributed by atoms with van der Waals surface area (Å²) in [6.45, 7) is -0.182. The largest absolute Gasteiger partial charge is 0.416 e. The molecule has 6 nitrogen and oxygen atoms in total. The average molecular weight is 470 g/mol. The summed E-state index contributed by atoms with van der Waals surface area (Å²) in [6.07, 6.45) is -4.51. The molecule has 0 aliphatic carbocycles. The van der Waals surface area contributed by atoms with E-state index in [1.807, 2.05) is 6.07 Å². The highest BCUT2D eigenvalue weighted by Gasteiger charge is 2.44. The minimum atomic E-state index is -4.51. The maximum Gasteiger partial charge on any atom is 0.416 e. The first-order valence-electron chi connectivity index (χ1n) is 9.35. The van der Waals surface area contributed by atoms with Gasteiger partial charge in [0.15, 0.2) is 15.0 Å². The summed E-state index contributed by atoms with van der Waals surface area (Å²) in [5.74, 6) is -0.502. The minimum Gasteiger partial charge on any atom is -0.325 e. The number of halogens is 3. The second-order valence-electron chi connectivity index (χ2n) is 7.26. The van der Waals surface area contributed by atoms with Crippen molar-refractivity contribution >= 4 is 44.0 Å². The van der Waals surface area contributed by atoms with Gasteiger partial charge in [0, 0.05) is 16.6 Å². The van der Waals surface area contributed by atoms with E-state index in [-0.39, 0.29) is 35.0 Å². The Bertz CT molecular complexity index is 1120. The number of nitrogens with one attached hydrogen (secondary N) is 1. The van der Waals surface area contributed by atoms with Crippen LogP contribution >= 0.6 is 11.8 Å². The summed E-state index contributed by atoms with van der Waals surface area (Å²) in [7, 11) is -3.12. The van der Waals surface area contributed by atoms with E-state index < -0.39 is 27.5 Å². The molecule has 0 radical (unpaired) electrons. The number of anilines is 2. The second-order valence-corrected chi connectivity index (χ2v) is 10.6. The number of carbonyl (C=O) groups excluding carboxylic acids is 1. The molecule has 1 N–H and O–H groups in total.